The molecule has 3 nitrogen and oxygen atoms in total. The Bertz CT molecular complexity index is 592. The maximum atomic E-state index is 4.57. The maximum Gasteiger partial charge on any atom is 0.123 e. The lowest BCUT2D eigenvalue weighted by Crippen LogP contribution is -2.14. The predicted molar refractivity (Wildman–Crippen MR) is 82.8 cm³/mol. The average Bonchev–Trinajstić information content (AvgIpc) is 3.10. The summed E-state index contributed by atoms with van der Waals surface area (Å²) in [5.41, 5.74) is 5.08. The van der Waals surface area contributed by atoms with Gasteiger partial charge < -0.3 is 10.3 Å². The minimum absolute atomic E-state index is 0.400. The molecule has 1 aliphatic heterocycles. The van der Waals surface area contributed by atoms with Gasteiger partial charge in [-0.15, -0.1) is 0 Å². The fourth-order valence-electron chi connectivity index (χ4n) is 2.86. The van der Waals surface area contributed by atoms with Crippen molar-refractivity contribution in [1.29, 1.82) is 0 Å². The SMILES string of the molecule is Cc1ccc(C(C)C)cc1-c1cnc(C2CCCN2)[nH]1. The summed E-state index contributed by atoms with van der Waals surface area (Å²) in [6.07, 6.45) is 4.39. The highest BCUT2D eigenvalue weighted by atomic mass is 15.0. The van der Waals surface area contributed by atoms with Crippen molar-refractivity contribution in [1.82, 2.24) is 15.3 Å². The molecule has 1 aromatic heterocycles. The van der Waals surface area contributed by atoms with Gasteiger partial charge in [0.05, 0.1) is 17.9 Å². The highest BCUT2D eigenvalue weighted by molar-refractivity contribution is 5.64. The molecule has 1 aromatic carbocycles. The molecule has 1 atom stereocenters. The van der Waals surface area contributed by atoms with Crippen molar-refractivity contribution in [3.63, 3.8) is 0 Å². The zero-order valence-corrected chi connectivity index (χ0v) is 12.5. The summed E-state index contributed by atoms with van der Waals surface area (Å²) in [5, 5.41) is 3.49. The molecule has 2 heterocycles. The number of benzene rings is 1. The average molecular weight is 269 g/mol. The molecule has 0 amide bonds. The Morgan fingerprint density at radius 1 is 1.30 bits per heavy atom. The van der Waals surface area contributed by atoms with E-state index in [1.54, 1.807) is 0 Å². The molecule has 2 aromatic rings. The van der Waals surface area contributed by atoms with Gasteiger partial charge in [-0.1, -0.05) is 26.0 Å². The van der Waals surface area contributed by atoms with Crippen LogP contribution in [0.1, 0.15) is 55.6 Å². The molecule has 1 aliphatic rings. The lowest BCUT2D eigenvalue weighted by atomic mass is 9.96. The molecular formula is C17H23N3. The first kappa shape index (κ1) is 13.4. The van der Waals surface area contributed by atoms with Gasteiger partial charge in [0.1, 0.15) is 5.82 Å². The molecule has 1 saturated heterocycles. The van der Waals surface area contributed by atoms with Crippen molar-refractivity contribution in [2.24, 2.45) is 0 Å². The van der Waals surface area contributed by atoms with Gasteiger partial charge >= 0.3 is 0 Å². The number of nitrogens with one attached hydrogen (secondary N) is 2. The van der Waals surface area contributed by atoms with Crippen LogP contribution in [0.15, 0.2) is 24.4 Å². The Balaban J connectivity index is 1.94. The normalized spacial score (nSPS) is 18.9. The van der Waals surface area contributed by atoms with Crippen molar-refractivity contribution in [3.05, 3.63) is 41.3 Å². The summed E-state index contributed by atoms with van der Waals surface area (Å²) in [6, 6.07) is 7.12. The molecule has 0 bridgehead atoms. The van der Waals surface area contributed by atoms with Crippen LogP contribution in [0.4, 0.5) is 0 Å². The van der Waals surface area contributed by atoms with Crippen LogP contribution in [0.3, 0.4) is 0 Å². The first-order valence-electron chi connectivity index (χ1n) is 7.54. The summed E-state index contributed by atoms with van der Waals surface area (Å²) in [5.74, 6) is 1.63. The van der Waals surface area contributed by atoms with E-state index in [9.17, 15) is 0 Å². The van der Waals surface area contributed by atoms with Crippen LogP contribution in [0.5, 0.6) is 0 Å². The molecule has 0 spiro atoms. The van der Waals surface area contributed by atoms with Crippen LogP contribution < -0.4 is 5.32 Å². The zero-order valence-electron chi connectivity index (χ0n) is 12.5. The monoisotopic (exact) mass is 269 g/mol. The molecule has 0 saturated carbocycles. The number of H-pyrrole nitrogens is 1. The molecule has 106 valence electrons. The molecule has 20 heavy (non-hydrogen) atoms. The second-order valence-corrected chi connectivity index (χ2v) is 6.06. The standard InChI is InChI=1S/C17H23N3/c1-11(2)13-7-6-12(3)14(9-13)16-10-19-17(20-16)15-5-4-8-18-15/h6-7,9-11,15,18H,4-5,8H2,1-3H3,(H,19,20). The summed E-state index contributed by atoms with van der Waals surface area (Å²) >= 11 is 0. The van der Waals surface area contributed by atoms with Crippen LogP contribution in [-0.4, -0.2) is 16.5 Å². The third-order valence-electron chi connectivity index (χ3n) is 4.20. The van der Waals surface area contributed by atoms with Crippen molar-refractivity contribution in [2.75, 3.05) is 6.54 Å². The fourth-order valence-corrected chi connectivity index (χ4v) is 2.86. The predicted octanol–water partition coefficient (Wildman–Crippen LogP) is 3.93. The quantitative estimate of drug-likeness (QED) is 0.886. The number of imidazole rings is 1. The topological polar surface area (TPSA) is 40.7 Å². The van der Waals surface area contributed by atoms with E-state index in [4.69, 9.17) is 0 Å². The minimum Gasteiger partial charge on any atom is -0.341 e. The summed E-state index contributed by atoms with van der Waals surface area (Å²) in [4.78, 5) is 8.08. The van der Waals surface area contributed by atoms with Crippen LogP contribution in [-0.2, 0) is 0 Å². The van der Waals surface area contributed by atoms with E-state index < -0.39 is 0 Å². The van der Waals surface area contributed by atoms with Crippen molar-refractivity contribution < 1.29 is 0 Å². The number of aromatic nitrogens is 2. The summed E-state index contributed by atoms with van der Waals surface area (Å²) in [7, 11) is 0. The van der Waals surface area contributed by atoms with Gasteiger partial charge in [0.2, 0.25) is 0 Å². The van der Waals surface area contributed by atoms with Crippen molar-refractivity contribution >= 4 is 0 Å². The molecule has 0 radical (unpaired) electrons. The van der Waals surface area contributed by atoms with E-state index in [0.29, 0.717) is 12.0 Å². The molecular weight excluding hydrogens is 246 g/mol. The summed E-state index contributed by atoms with van der Waals surface area (Å²) < 4.78 is 0. The zero-order chi connectivity index (χ0) is 14.1. The van der Waals surface area contributed by atoms with E-state index in [0.717, 1.165) is 18.1 Å². The van der Waals surface area contributed by atoms with E-state index in [-0.39, 0.29) is 0 Å². The van der Waals surface area contributed by atoms with E-state index >= 15 is 0 Å². The number of hydrogen-bond donors (Lipinski definition) is 2. The van der Waals surface area contributed by atoms with Gasteiger partial charge in [-0.25, -0.2) is 4.98 Å². The van der Waals surface area contributed by atoms with Gasteiger partial charge in [-0.05, 0) is 49.4 Å². The minimum atomic E-state index is 0.400. The third-order valence-corrected chi connectivity index (χ3v) is 4.20. The highest BCUT2D eigenvalue weighted by Crippen LogP contribution is 2.28. The molecule has 1 fully saturated rings. The number of aromatic amines is 1. The first-order valence-corrected chi connectivity index (χ1v) is 7.54. The Hall–Kier alpha value is -1.61. The molecule has 0 aliphatic carbocycles. The molecule has 2 N–H and O–H groups in total. The van der Waals surface area contributed by atoms with Gasteiger partial charge in [0, 0.05) is 5.56 Å². The maximum absolute atomic E-state index is 4.57. The van der Waals surface area contributed by atoms with E-state index in [1.165, 1.54) is 29.5 Å². The van der Waals surface area contributed by atoms with Gasteiger partial charge in [0.15, 0.2) is 0 Å². The third kappa shape index (κ3) is 2.50. The summed E-state index contributed by atoms with van der Waals surface area (Å²) in [6.45, 7) is 7.72. The Morgan fingerprint density at radius 3 is 2.85 bits per heavy atom. The van der Waals surface area contributed by atoms with Gasteiger partial charge in [-0.3, -0.25) is 0 Å². The molecule has 3 heteroatoms. The fraction of sp³-hybridized carbons (Fsp3) is 0.471. The molecule has 3 rings (SSSR count). The second-order valence-electron chi connectivity index (χ2n) is 6.06. The van der Waals surface area contributed by atoms with Crippen LogP contribution in [0.2, 0.25) is 0 Å². The Labute approximate surface area is 120 Å². The van der Waals surface area contributed by atoms with E-state index in [1.807, 2.05) is 6.20 Å². The number of aryl methyl sites for hydroxylation is 1. The number of hydrogen-bond acceptors (Lipinski definition) is 2. The number of rotatable bonds is 3. The number of nitrogens with zero attached hydrogens (tertiary/aromatic N) is 1. The Kier molecular flexibility index (Phi) is 3.62. The van der Waals surface area contributed by atoms with Gasteiger partial charge in [-0.2, -0.15) is 0 Å². The van der Waals surface area contributed by atoms with E-state index in [2.05, 4.69) is 54.3 Å². The lowest BCUT2D eigenvalue weighted by molar-refractivity contribution is 0.613. The largest absolute Gasteiger partial charge is 0.341 e. The van der Waals surface area contributed by atoms with Crippen LogP contribution in [0, 0.1) is 6.92 Å². The second kappa shape index (κ2) is 5.41. The highest BCUT2D eigenvalue weighted by Gasteiger charge is 2.19. The van der Waals surface area contributed by atoms with Crippen LogP contribution >= 0.6 is 0 Å². The molecule has 1 unspecified atom stereocenters. The lowest BCUT2D eigenvalue weighted by Gasteiger charge is -2.10. The van der Waals surface area contributed by atoms with Crippen molar-refractivity contribution in [3.8, 4) is 11.3 Å². The van der Waals surface area contributed by atoms with Gasteiger partial charge in [0.25, 0.3) is 0 Å². The van der Waals surface area contributed by atoms with Crippen LogP contribution in [0.25, 0.3) is 11.3 Å². The smallest absolute Gasteiger partial charge is 0.123 e. The Morgan fingerprint density at radius 2 is 2.15 bits per heavy atom. The van der Waals surface area contributed by atoms with Crippen molar-refractivity contribution in [2.45, 2.75) is 45.6 Å². The first-order chi connectivity index (χ1) is 9.65.